The van der Waals surface area contributed by atoms with E-state index in [1.165, 1.54) is 38.6 Å². The molecule has 4 atom stereocenters. The maximum atomic E-state index is 3.76. The van der Waals surface area contributed by atoms with E-state index in [9.17, 15) is 0 Å². The summed E-state index contributed by atoms with van der Waals surface area (Å²) >= 11 is 0. The van der Waals surface area contributed by atoms with Crippen molar-refractivity contribution >= 4 is 0 Å². The minimum absolute atomic E-state index is 0.704. The van der Waals surface area contributed by atoms with Gasteiger partial charge in [0.2, 0.25) is 0 Å². The molecule has 0 bridgehead atoms. The lowest BCUT2D eigenvalue weighted by Crippen LogP contribution is -2.59. The van der Waals surface area contributed by atoms with Crippen LogP contribution in [0.1, 0.15) is 59.8 Å². The molecule has 0 radical (unpaired) electrons. The lowest BCUT2D eigenvalue weighted by atomic mass is 9.76. The van der Waals surface area contributed by atoms with Crippen LogP contribution in [0.25, 0.3) is 0 Å². The summed E-state index contributed by atoms with van der Waals surface area (Å²) in [6, 6.07) is 1.41. The summed E-state index contributed by atoms with van der Waals surface area (Å²) in [6.07, 6.45) is 6.81. The van der Waals surface area contributed by atoms with Gasteiger partial charge in [0.15, 0.2) is 0 Å². The quantitative estimate of drug-likeness (QED) is 0.659. The average Bonchev–Trinajstić information content (AvgIpc) is 2.34. The lowest BCUT2D eigenvalue weighted by Gasteiger charge is -2.43. The minimum Gasteiger partial charge on any atom is -0.315 e. The van der Waals surface area contributed by atoms with Gasteiger partial charge in [-0.3, -0.25) is 0 Å². The first-order valence-corrected chi connectivity index (χ1v) is 7.99. The Morgan fingerprint density at radius 2 is 1.89 bits per heavy atom. The van der Waals surface area contributed by atoms with E-state index in [1.54, 1.807) is 0 Å². The predicted octanol–water partition coefficient (Wildman–Crippen LogP) is 3.42. The summed E-state index contributed by atoms with van der Waals surface area (Å²) in [5.41, 5.74) is 0. The Morgan fingerprint density at radius 1 is 1.17 bits per heavy atom. The van der Waals surface area contributed by atoms with E-state index < -0.39 is 0 Å². The SMILES string of the molecule is CCC(CCNC1[C@@H](C)C[C@H]1NC)CCC(C)C. The number of hydrogen-bond acceptors (Lipinski definition) is 2. The van der Waals surface area contributed by atoms with Crippen LogP contribution in [0.15, 0.2) is 0 Å². The van der Waals surface area contributed by atoms with Crippen LogP contribution >= 0.6 is 0 Å². The van der Waals surface area contributed by atoms with E-state index in [-0.39, 0.29) is 0 Å². The van der Waals surface area contributed by atoms with Gasteiger partial charge in [0.05, 0.1) is 0 Å². The van der Waals surface area contributed by atoms with Crippen molar-refractivity contribution in [2.45, 2.75) is 71.9 Å². The van der Waals surface area contributed by atoms with E-state index in [2.05, 4.69) is 45.4 Å². The Kier molecular flexibility index (Phi) is 7.25. The second kappa shape index (κ2) is 8.16. The molecule has 0 amide bonds. The van der Waals surface area contributed by atoms with E-state index in [4.69, 9.17) is 0 Å². The van der Waals surface area contributed by atoms with Crippen molar-refractivity contribution in [2.24, 2.45) is 17.8 Å². The van der Waals surface area contributed by atoms with Gasteiger partial charge in [-0.25, -0.2) is 0 Å². The van der Waals surface area contributed by atoms with Crippen LogP contribution in [0.3, 0.4) is 0 Å². The number of nitrogens with one attached hydrogen (secondary N) is 2. The van der Waals surface area contributed by atoms with Gasteiger partial charge in [-0.1, -0.05) is 47.0 Å². The van der Waals surface area contributed by atoms with Gasteiger partial charge in [-0.05, 0) is 44.2 Å². The minimum atomic E-state index is 0.704. The highest BCUT2D eigenvalue weighted by atomic mass is 15.0. The van der Waals surface area contributed by atoms with Crippen LogP contribution in [-0.4, -0.2) is 25.7 Å². The molecule has 0 aromatic carbocycles. The molecular weight excluding hydrogens is 220 g/mol. The van der Waals surface area contributed by atoms with Crippen LogP contribution in [0.5, 0.6) is 0 Å². The first-order chi connectivity index (χ1) is 8.58. The average molecular weight is 254 g/mol. The van der Waals surface area contributed by atoms with E-state index in [0.717, 1.165) is 17.8 Å². The predicted molar refractivity (Wildman–Crippen MR) is 80.9 cm³/mol. The molecule has 0 aromatic rings. The van der Waals surface area contributed by atoms with Crippen molar-refractivity contribution in [1.82, 2.24) is 10.6 Å². The highest BCUT2D eigenvalue weighted by Crippen LogP contribution is 2.27. The third-order valence-electron chi connectivity index (χ3n) is 4.71. The summed E-state index contributed by atoms with van der Waals surface area (Å²) in [7, 11) is 2.09. The van der Waals surface area contributed by atoms with Crippen molar-refractivity contribution in [2.75, 3.05) is 13.6 Å². The topological polar surface area (TPSA) is 24.1 Å². The zero-order chi connectivity index (χ0) is 13.5. The van der Waals surface area contributed by atoms with Crippen molar-refractivity contribution < 1.29 is 0 Å². The van der Waals surface area contributed by atoms with Crippen molar-refractivity contribution in [3.05, 3.63) is 0 Å². The Labute approximate surface area is 114 Å². The van der Waals surface area contributed by atoms with Crippen molar-refractivity contribution in [3.63, 3.8) is 0 Å². The number of likely N-dealkylation sites (N-methyl/N-ethyl adjacent to an activating group) is 1. The molecule has 0 saturated heterocycles. The number of rotatable bonds is 9. The molecule has 0 aliphatic heterocycles. The third kappa shape index (κ3) is 4.89. The highest BCUT2D eigenvalue weighted by Gasteiger charge is 2.36. The maximum Gasteiger partial charge on any atom is 0.0247 e. The normalized spacial score (nSPS) is 29.3. The molecule has 0 heterocycles. The van der Waals surface area contributed by atoms with Gasteiger partial charge in [-0.2, -0.15) is 0 Å². The molecule has 108 valence electrons. The molecule has 1 aliphatic rings. The van der Waals surface area contributed by atoms with Crippen molar-refractivity contribution in [3.8, 4) is 0 Å². The summed E-state index contributed by atoms with van der Waals surface area (Å²) < 4.78 is 0. The van der Waals surface area contributed by atoms with Crippen LogP contribution in [0.2, 0.25) is 0 Å². The smallest absolute Gasteiger partial charge is 0.0247 e. The van der Waals surface area contributed by atoms with Crippen LogP contribution in [0.4, 0.5) is 0 Å². The Balaban J connectivity index is 2.14. The van der Waals surface area contributed by atoms with Crippen molar-refractivity contribution in [1.29, 1.82) is 0 Å². The molecule has 0 aromatic heterocycles. The largest absolute Gasteiger partial charge is 0.315 e. The second-order valence-electron chi connectivity index (χ2n) is 6.62. The van der Waals surface area contributed by atoms with Gasteiger partial charge in [-0.15, -0.1) is 0 Å². The van der Waals surface area contributed by atoms with Gasteiger partial charge >= 0.3 is 0 Å². The van der Waals surface area contributed by atoms with Crippen LogP contribution < -0.4 is 10.6 Å². The maximum absolute atomic E-state index is 3.76. The molecule has 18 heavy (non-hydrogen) atoms. The van der Waals surface area contributed by atoms with E-state index in [0.29, 0.717) is 12.1 Å². The monoisotopic (exact) mass is 254 g/mol. The Hall–Kier alpha value is -0.0800. The van der Waals surface area contributed by atoms with E-state index in [1.807, 2.05) is 0 Å². The first-order valence-electron chi connectivity index (χ1n) is 7.99. The Bertz CT molecular complexity index is 215. The van der Waals surface area contributed by atoms with Gasteiger partial charge in [0, 0.05) is 12.1 Å². The zero-order valence-electron chi connectivity index (χ0n) is 13.1. The van der Waals surface area contributed by atoms with Crippen LogP contribution in [0, 0.1) is 17.8 Å². The summed E-state index contributed by atoms with van der Waals surface area (Å²) in [5, 5.41) is 7.17. The molecule has 2 N–H and O–H groups in total. The van der Waals surface area contributed by atoms with Gasteiger partial charge in [0.1, 0.15) is 0 Å². The molecule has 2 heteroatoms. The van der Waals surface area contributed by atoms with E-state index >= 15 is 0 Å². The zero-order valence-corrected chi connectivity index (χ0v) is 13.1. The van der Waals surface area contributed by atoms with Gasteiger partial charge < -0.3 is 10.6 Å². The number of hydrogen-bond donors (Lipinski definition) is 2. The molecule has 1 rings (SSSR count). The molecule has 0 spiro atoms. The van der Waals surface area contributed by atoms with Crippen LogP contribution in [-0.2, 0) is 0 Å². The summed E-state index contributed by atoms with van der Waals surface area (Å²) in [4.78, 5) is 0. The van der Waals surface area contributed by atoms with Gasteiger partial charge in [0.25, 0.3) is 0 Å². The molecule has 2 nitrogen and oxygen atoms in total. The second-order valence-corrected chi connectivity index (χ2v) is 6.62. The molecule has 1 aliphatic carbocycles. The fraction of sp³-hybridized carbons (Fsp3) is 1.00. The fourth-order valence-electron chi connectivity index (χ4n) is 3.11. The standard InChI is InChI=1S/C16H34N2/c1-6-14(8-7-12(2)3)9-10-18-16-13(4)11-15(16)17-5/h12-18H,6-11H2,1-5H3/t13-,14?,15+,16?/m0/s1. The molecule has 1 fully saturated rings. The third-order valence-corrected chi connectivity index (χ3v) is 4.71. The lowest BCUT2D eigenvalue weighted by molar-refractivity contribution is 0.159. The molecule has 1 saturated carbocycles. The molecular formula is C16H34N2. The highest BCUT2D eigenvalue weighted by molar-refractivity contribution is 4.96. The summed E-state index contributed by atoms with van der Waals surface area (Å²) in [5.74, 6) is 2.62. The summed E-state index contributed by atoms with van der Waals surface area (Å²) in [6.45, 7) is 10.6. The molecule has 2 unspecified atom stereocenters. The first kappa shape index (κ1) is 16.0. The Morgan fingerprint density at radius 3 is 2.39 bits per heavy atom. The fourth-order valence-corrected chi connectivity index (χ4v) is 3.11.